The predicted molar refractivity (Wildman–Crippen MR) is 126 cm³/mol. The van der Waals surface area contributed by atoms with Gasteiger partial charge in [-0.2, -0.15) is 0 Å². The summed E-state index contributed by atoms with van der Waals surface area (Å²) in [5.41, 5.74) is 4.17. The van der Waals surface area contributed by atoms with Crippen LogP contribution in [-0.4, -0.2) is 66.0 Å². The molecule has 0 spiro atoms. The van der Waals surface area contributed by atoms with Gasteiger partial charge in [-0.1, -0.05) is 11.6 Å². The molecular weight excluding hydrogens is 445 g/mol. The first-order chi connectivity index (χ1) is 16.0. The average Bonchev–Trinajstić information content (AvgIpc) is 3.20. The molecule has 3 aromatic rings. The maximum absolute atomic E-state index is 13.1. The van der Waals surface area contributed by atoms with Crippen LogP contribution in [-0.2, 0) is 17.8 Å². The van der Waals surface area contributed by atoms with Crippen LogP contribution < -0.4 is 10.2 Å². The van der Waals surface area contributed by atoms with Crippen molar-refractivity contribution in [3.63, 3.8) is 0 Å². The summed E-state index contributed by atoms with van der Waals surface area (Å²) in [5, 5.41) is 4.58. The van der Waals surface area contributed by atoms with Gasteiger partial charge in [0.25, 0.3) is 0 Å². The van der Waals surface area contributed by atoms with Crippen LogP contribution in [0.15, 0.2) is 42.5 Å². The number of urea groups is 1. The lowest BCUT2D eigenvalue weighted by molar-refractivity contribution is -0.130. The Kier molecular flexibility index (Phi) is 5.85. The summed E-state index contributed by atoms with van der Waals surface area (Å²) in [6, 6.07) is 11.9. The first kappa shape index (κ1) is 21.6. The van der Waals surface area contributed by atoms with Gasteiger partial charge in [-0.15, -0.1) is 0 Å². The van der Waals surface area contributed by atoms with E-state index >= 15 is 0 Å². The van der Waals surface area contributed by atoms with Gasteiger partial charge in [-0.05, 0) is 54.4 Å². The lowest BCUT2D eigenvalue weighted by atomic mass is 10.0. The van der Waals surface area contributed by atoms with Crippen LogP contribution in [0.2, 0.25) is 5.02 Å². The number of benzene rings is 2. The molecule has 1 aromatic heterocycles. The third-order valence-corrected chi connectivity index (χ3v) is 6.67. The Hall–Kier alpha value is -3.26. The minimum atomic E-state index is -0.262. The van der Waals surface area contributed by atoms with E-state index in [4.69, 9.17) is 11.6 Å². The summed E-state index contributed by atoms with van der Waals surface area (Å²) >= 11 is 6.14. The summed E-state index contributed by atoms with van der Waals surface area (Å²) < 4.78 is 13.1. The fourth-order valence-electron chi connectivity index (χ4n) is 4.63. The Labute approximate surface area is 196 Å². The molecule has 0 radical (unpaired) electrons. The van der Waals surface area contributed by atoms with Crippen molar-refractivity contribution >= 4 is 40.1 Å². The smallest absolute Gasteiger partial charge is 0.318 e. The number of halogens is 2. The number of amides is 3. The highest BCUT2D eigenvalue weighted by molar-refractivity contribution is 6.31. The quantitative estimate of drug-likeness (QED) is 0.617. The van der Waals surface area contributed by atoms with Crippen molar-refractivity contribution in [1.29, 1.82) is 0 Å². The van der Waals surface area contributed by atoms with Gasteiger partial charge in [-0.3, -0.25) is 4.79 Å². The van der Waals surface area contributed by atoms with Gasteiger partial charge >= 0.3 is 6.03 Å². The molecule has 172 valence electrons. The standard InChI is InChI=1S/C24H25ClFN5O2/c25-16-1-6-21-20(13-16)19-7-8-31(15-22(19)28-21)24(33)27-14-23(32)30-11-9-29(10-12-30)18-4-2-17(26)3-5-18/h1-6,13,28H,7-12,14-15H2,(H,27,33). The van der Waals surface area contributed by atoms with Crippen LogP contribution in [0.5, 0.6) is 0 Å². The normalized spacial score (nSPS) is 16.1. The fraction of sp³-hybridized carbons (Fsp3) is 0.333. The number of piperazine rings is 1. The zero-order valence-corrected chi connectivity index (χ0v) is 18.9. The van der Waals surface area contributed by atoms with Crippen LogP contribution in [0.3, 0.4) is 0 Å². The van der Waals surface area contributed by atoms with Crippen LogP contribution in [0.4, 0.5) is 14.9 Å². The number of aromatic amines is 1. The lowest BCUT2D eigenvalue weighted by Crippen LogP contribution is -2.52. The van der Waals surface area contributed by atoms with Crippen molar-refractivity contribution < 1.29 is 14.0 Å². The average molecular weight is 470 g/mol. The molecule has 2 N–H and O–H groups in total. The molecule has 0 aliphatic carbocycles. The zero-order valence-electron chi connectivity index (χ0n) is 18.1. The van der Waals surface area contributed by atoms with Gasteiger partial charge in [0.05, 0.1) is 13.1 Å². The van der Waals surface area contributed by atoms with E-state index in [0.29, 0.717) is 44.3 Å². The molecule has 1 saturated heterocycles. The Bertz CT molecular complexity index is 1190. The second kappa shape index (κ2) is 8.94. The molecule has 9 heteroatoms. The van der Waals surface area contributed by atoms with E-state index in [1.165, 1.54) is 17.7 Å². The number of nitrogens with zero attached hydrogens (tertiary/aromatic N) is 3. The van der Waals surface area contributed by atoms with E-state index in [2.05, 4.69) is 15.2 Å². The van der Waals surface area contributed by atoms with Gasteiger partial charge in [0.1, 0.15) is 5.82 Å². The molecule has 2 aromatic carbocycles. The highest BCUT2D eigenvalue weighted by Gasteiger charge is 2.26. The van der Waals surface area contributed by atoms with Crippen molar-refractivity contribution in [3.8, 4) is 0 Å². The molecule has 0 unspecified atom stereocenters. The summed E-state index contributed by atoms with van der Waals surface area (Å²) in [6.45, 7) is 3.50. The highest BCUT2D eigenvalue weighted by Crippen LogP contribution is 2.29. The van der Waals surface area contributed by atoms with E-state index in [0.717, 1.165) is 28.7 Å². The molecule has 5 rings (SSSR count). The number of fused-ring (bicyclic) bond motifs is 3. The predicted octanol–water partition coefficient (Wildman–Crippen LogP) is 3.38. The number of nitrogens with one attached hydrogen (secondary N) is 2. The third kappa shape index (κ3) is 4.48. The molecule has 3 amide bonds. The van der Waals surface area contributed by atoms with E-state index in [1.54, 1.807) is 21.9 Å². The number of carbonyl (C=O) groups excluding carboxylic acids is 2. The van der Waals surface area contributed by atoms with Crippen molar-refractivity contribution in [2.24, 2.45) is 0 Å². The van der Waals surface area contributed by atoms with Crippen molar-refractivity contribution in [3.05, 3.63) is 64.6 Å². The molecule has 0 saturated carbocycles. The highest BCUT2D eigenvalue weighted by atomic mass is 35.5. The van der Waals surface area contributed by atoms with Crippen LogP contribution in [0.1, 0.15) is 11.3 Å². The van der Waals surface area contributed by atoms with E-state index < -0.39 is 0 Å². The maximum Gasteiger partial charge on any atom is 0.318 e. The van der Waals surface area contributed by atoms with Crippen LogP contribution in [0.25, 0.3) is 10.9 Å². The molecule has 33 heavy (non-hydrogen) atoms. The van der Waals surface area contributed by atoms with Crippen molar-refractivity contribution in [2.45, 2.75) is 13.0 Å². The first-order valence-corrected chi connectivity index (χ1v) is 11.5. The Balaban J connectivity index is 1.12. The summed E-state index contributed by atoms with van der Waals surface area (Å²) in [5.74, 6) is -0.359. The van der Waals surface area contributed by atoms with Gasteiger partial charge in [0, 0.05) is 60.0 Å². The summed E-state index contributed by atoms with van der Waals surface area (Å²) in [6.07, 6.45) is 0.738. The Morgan fingerprint density at radius 2 is 1.76 bits per heavy atom. The van der Waals surface area contributed by atoms with Crippen LogP contribution in [0, 0.1) is 5.82 Å². The molecule has 1 fully saturated rings. The second-order valence-corrected chi connectivity index (χ2v) is 8.88. The largest absolute Gasteiger partial charge is 0.368 e. The van der Waals surface area contributed by atoms with Gasteiger partial charge in [0.15, 0.2) is 0 Å². The second-order valence-electron chi connectivity index (χ2n) is 8.45. The molecule has 7 nitrogen and oxygen atoms in total. The van der Waals surface area contributed by atoms with Gasteiger partial charge in [0.2, 0.25) is 5.91 Å². The van der Waals surface area contributed by atoms with Crippen molar-refractivity contribution in [2.75, 3.05) is 44.2 Å². The lowest BCUT2D eigenvalue weighted by Gasteiger charge is -2.36. The fourth-order valence-corrected chi connectivity index (χ4v) is 4.80. The molecule has 3 heterocycles. The van der Waals surface area contributed by atoms with Gasteiger partial charge in [-0.25, -0.2) is 9.18 Å². The molecule has 2 aliphatic heterocycles. The topological polar surface area (TPSA) is 71.7 Å². The molecular formula is C24H25ClFN5O2. The summed E-state index contributed by atoms with van der Waals surface area (Å²) in [7, 11) is 0. The summed E-state index contributed by atoms with van der Waals surface area (Å²) in [4.78, 5) is 34.3. The number of aromatic nitrogens is 1. The van der Waals surface area contributed by atoms with E-state index in [-0.39, 0.29) is 24.3 Å². The Morgan fingerprint density at radius 3 is 2.52 bits per heavy atom. The first-order valence-electron chi connectivity index (χ1n) is 11.1. The number of hydrogen-bond donors (Lipinski definition) is 2. The molecule has 0 bridgehead atoms. The monoisotopic (exact) mass is 469 g/mol. The number of carbonyl (C=O) groups is 2. The number of rotatable bonds is 3. The maximum atomic E-state index is 13.1. The number of anilines is 1. The SMILES string of the molecule is O=C(CNC(=O)N1CCc2c([nH]c3ccc(Cl)cc23)C1)N1CCN(c2ccc(F)cc2)CC1. The number of hydrogen-bond acceptors (Lipinski definition) is 3. The molecule has 0 atom stereocenters. The zero-order chi connectivity index (χ0) is 22.9. The number of H-pyrrole nitrogens is 1. The van der Waals surface area contributed by atoms with E-state index in [9.17, 15) is 14.0 Å². The van der Waals surface area contributed by atoms with E-state index in [1.807, 2.05) is 18.2 Å². The van der Waals surface area contributed by atoms with Gasteiger partial charge < -0.3 is 25.0 Å². The molecule has 2 aliphatic rings. The van der Waals surface area contributed by atoms with Crippen molar-refractivity contribution in [1.82, 2.24) is 20.1 Å². The van der Waals surface area contributed by atoms with Crippen LogP contribution >= 0.6 is 11.6 Å². The minimum Gasteiger partial charge on any atom is -0.368 e. The Morgan fingerprint density at radius 1 is 1.00 bits per heavy atom. The minimum absolute atomic E-state index is 0.0267. The third-order valence-electron chi connectivity index (χ3n) is 6.44.